The highest BCUT2D eigenvalue weighted by Gasteiger charge is 2.33. The molecule has 1 aromatic heterocycles. The molecule has 0 aromatic carbocycles. The van der Waals surface area contributed by atoms with E-state index in [1.165, 1.54) is 4.68 Å². The summed E-state index contributed by atoms with van der Waals surface area (Å²) in [5, 5.41) is 4.21. The topological polar surface area (TPSA) is 56.9 Å². The van der Waals surface area contributed by atoms with E-state index in [-0.39, 0.29) is 17.8 Å². The lowest BCUT2D eigenvalue weighted by molar-refractivity contribution is 0.473. The molecule has 3 rings (SSSR count). The monoisotopic (exact) mass is 323 g/mol. The van der Waals surface area contributed by atoms with Gasteiger partial charge in [0.05, 0.1) is 12.1 Å². The Morgan fingerprint density at radius 3 is 2.56 bits per heavy atom. The van der Waals surface area contributed by atoms with Gasteiger partial charge in [-0.3, -0.25) is 8.78 Å². The van der Waals surface area contributed by atoms with Crippen LogP contribution in [0.1, 0.15) is 12.1 Å². The van der Waals surface area contributed by atoms with E-state index in [1.807, 2.05) is 11.8 Å². The lowest BCUT2D eigenvalue weighted by Gasteiger charge is -2.26. The zero-order chi connectivity index (χ0) is 11.3. The lowest BCUT2D eigenvalue weighted by Crippen LogP contribution is -2.42. The highest BCUT2D eigenvalue weighted by atomic mass is 79.9. The minimum absolute atomic E-state index is 0.0265. The maximum atomic E-state index is 12.1. The highest BCUT2D eigenvalue weighted by molar-refractivity contribution is 9.10. The zero-order valence-corrected chi connectivity index (χ0v) is 11.6. The Hall–Kier alpha value is -0.0800. The van der Waals surface area contributed by atoms with Crippen LogP contribution in [-0.2, 0) is 10.8 Å². The molecule has 16 heavy (non-hydrogen) atoms. The standard InChI is InChI=1S/C8H10BrN3O2S2/c9-7-10-12(6-3-16(14)4-6)8(13)11(7)5-1-15-2-5/h5-6H,1-4H2. The fourth-order valence-electron chi connectivity index (χ4n) is 1.81. The number of hydrogen-bond acceptors (Lipinski definition) is 4. The Morgan fingerprint density at radius 2 is 2.06 bits per heavy atom. The van der Waals surface area contributed by atoms with E-state index in [9.17, 15) is 9.00 Å². The van der Waals surface area contributed by atoms with Gasteiger partial charge in [-0.05, 0) is 15.9 Å². The summed E-state index contributed by atoms with van der Waals surface area (Å²) in [4.78, 5) is 12.1. The first-order valence-electron chi connectivity index (χ1n) is 4.96. The van der Waals surface area contributed by atoms with Crippen molar-refractivity contribution in [3.8, 4) is 0 Å². The first kappa shape index (κ1) is 11.0. The molecule has 1 aromatic rings. The molecular formula is C8H10BrN3O2S2. The van der Waals surface area contributed by atoms with Crippen molar-refractivity contribution in [1.29, 1.82) is 0 Å². The molecule has 0 unspecified atom stereocenters. The van der Waals surface area contributed by atoms with Gasteiger partial charge in [-0.25, -0.2) is 9.48 Å². The van der Waals surface area contributed by atoms with Gasteiger partial charge >= 0.3 is 5.69 Å². The molecule has 2 fully saturated rings. The van der Waals surface area contributed by atoms with Gasteiger partial charge in [-0.15, -0.1) is 5.10 Å². The van der Waals surface area contributed by atoms with Gasteiger partial charge in [-0.2, -0.15) is 11.8 Å². The first-order valence-corrected chi connectivity index (χ1v) is 8.39. The third-order valence-electron chi connectivity index (χ3n) is 2.88. The summed E-state index contributed by atoms with van der Waals surface area (Å²) in [7, 11) is -0.755. The molecule has 8 heteroatoms. The second-order valence-electron chi connectivity index (χ2n) is 3.98. The van der Waals surface area contributed by atoms with Crippen LogP contribution in [-0.4, -0.2) is 41.6 Å². The van der Waals surface area contributed by atoms with E-state index in [1.54, 1.807) is 4.57 Å². The van der Waals surface area contributed by atoms with Gasteiger partial charge in [0.25, 0.3) is 0 Å². The SMILES string of the molecule is O=c1n(C2CS(=O)C2)nc(Br)n1C1CSC1. The molecule has 3 heterocycles. The fourth-order valence-corrected chi connectivity index (χ4v) is 4.21. The molecule has 2 aliphatic rings. The van der Waals surface area contributed by atoms with E-state index >= 15 is 0 Å². The van der Waals surface area contributed by atoms with Gasteiger partial charge < -0.3 is 0 Å². The number of hydrogen-bond donors (Lipinski definition) is 0. The molecule has 5 nitrogen and oxygen atoms in total. The van der Waals surface area contributed by atoms with E-state index in [0.29, 0.717) is 16.2 Å². The van der Waals surface area contributed by atoms with Crippen molar-refractivity contribution in [2.24, 2.45) is 0 Å². The number of thioether (sulfide) groups is 1. The first-order chi connectivity index (χ1) is 7.66. The summed E-state index contributed by atoms with van der Waals surface area (Å²) >= 11 is 5.15. The third kappa shape index (κ3) is 1.62. The van der Waals surface area contributed by atoms with Crippen LogP contribution >= 0.6 is 27.7 Å². The molecule has 0 amide bonds. The van der Waals surface area contributed by atoms with Crippen molar-refractivity contribution in [2.45, 2.75) is 12.1 Å². The van der Waals surface area contributed by atoms with Gasteiger partial charge in [0, 0.05) is 33.8 Å². The van der Waals surface area contributed by atoms with E-state index in [2.05, 4.69) is 21.0 Å². The second-order valence-corrected chi connectivity index (χ2v) is 7.31. The van der Waals surface area contributed by atoms with Gasteiger partial charge in [0.1, 0.15) is 0 Å². The average molecular weight is 324 g/mol. The summed E-state index contributed by atoms with van der Waals surface area (Å²) in [5.41, 5.74) is -0.0705. The zero-order valence-electron chi connectivity index (χ0n) is 8.34. The van der Waals surface area contributed by atoms with E-state index in [0.717, 1.165) is 11.5 Å². The minimum atomic E-state index is -0.755. The molecular weight excluding hydrogens is 314 g/mol. The summed E-state index contributed by atoms with van der Waals surface area (Å²) in [5.74, 6) is 3.06. The molecule has 88 valence electrons. The van der Waals surface area contributed by atoms with Crippen molar-refractivity contribution < 1.29 is 4.21 Å². The number of aromatic nitrogens is 3. The minimum Gasteiger partial charge on any atom is -0.265 e. The summed E-state index contributed by atoms with van der Waals surface area (Å²) < 4.78 is 14.8. The van der Waals surface area contributed by atoms with Gasteiger partial charge in [0.2, 0.25) is 4.73 Å². The molecule has 2 aliphatic heterocycles. The van der Waals surface area contributed by atoms with E-state index in [4.69, 9.17) is 0 Å². The van der Waals surface area contributed by atoms with Crippen molar-refractivity contribution in [1.82, 2.24) is 14.3 Å². The number of nitrogens with zero attached hydrogens (tertiary/aromatic N) is 3. The predicted molar refractivity (Wildman–Crippen MR) is 67.5 cm³/mol. The maximum Gasteiger partial charge on any atom is 0.347 e. The van der Waals surface area contributed by atoms with Crippen molar-refractivity contribution in [3.63, 3.8) is 0 Å². The Balaban J connectivity index is 1.95. The average Bonchev–Trinajstić information content (AvgIpc) is 2.38. The smallest absolute Gasteiger partial charge is 0.265 e. The summed E-state index contributed by atoms with van der Waals surface area (Å²) in [6.07, 6.45) is 0. The summed E-state index contributed by atoms with van der Waals surface area (Å²) in [6.45, 7) is 0. The quantitative estimate of drug-likeness (QED) is 0.790. The third-order valence-corrected chi connectivity index (χ3v) is 6.17. The van der Waals surface area contributed by atoms with E-state index < -0.39 is 10.8 Å². The van der Waals surface area contributed by atoms with Crippen molar-refractivity contribution in [2.75, 3.05) is 23.0 Å². The Labute approximate surface area is 107 Å². The molecule has 0 aliphatic carbocycles. The normalized spacial score (nSPS) is 29.8. The van der Waals surface area contributed by atoms with Crippen molar-refractivity contribution in [3.05, 3.63) is 15.2 Å². The van der Waals surface area contributed by atoms with Gasteiger partial charge in [0.15, 0.2) is 0 Å². The van der Waals surface area contributed by atoms with Gasteiger partial charge in [-0.1, -0.05) is 0 Å². The Morgan fingerprint density at radius 1 is 1.38 bits per heavy atom. The van der Waals surface area contributed by atoms with Crippen LogP contribution in [0.25, 0.3) is 0 Å². The van der Waals surface area contributed by atoms with Crippen LogP contribution in [0.15, 0.2) is 9.53 Å². The number of rotatable bonds is 2. The van der Waals surface area contributed by atoms with Crippen molar-refractivity contribution >= 4 is 38.5 Å². The largest absolute Gasteiger partial charge is 0.347 e. The van der Waals surface area contributed by atoms with Crippen LogP contribution in [0.5, 0.6) is 0 Å². The molecule has 0 bridgehead atoms. The molecule has 0 radical (unpaired) electrons. The molecule has 2 saturated heterocycles. The Kier molecular flexibility index (Phi) is 2.75. The number of halogens is 1. The van der Waals surface area contributed by atoms with Crippen LogP contribution < -0.4 is 5.69 Å². The molecule has 0 N–H and O–H groups in total. The van der Waals surface area contributed by atoms with Crippen LogP contribution in [0.2, 0.25) is 0 Å². The Bertz CT molecular complexity index is 500. The second kappa shape index (κ2) is 3.99. The molecule has 0 saturated carbocycles. The molecule has 0 spiro atoms. The molecule has 0 atom stereocenters. The predicted octanol–water partition coefficient (Wildman–Crippen LogP) is 0.399. The van der Waals surface area contributed by atoms with Crippen LogP contribution in [0.3, 0.4) is 0 Å². The maximum absolute atomic E-state index is 12.1. The summed E-state index contributed by atoms with van der Waals surface area (Å²) in [6, 6.07) is 0.296. The highest BCUT2D eigenvalue weighted by Crippen LogP contribution is 2.30. The lowest BCUT2D eigenvalue weighted by atomic mass is 10.3. The fraction of sp³-hybridized carbons (Fsp3) is 0.750. The van der Waals surface area contributed by atoms with Crippen LogP contribution in [0.4, 0.5) is 0 Å². The van der Waals surface area contributed by atoms with Crippen LogP contribution in [0, 0.1) is 0 Å².